The van der Waals surface area contributed by atoms with Crippen molar-refractivity contribution < 1.29 is 128 Å². The van der Waals surface area contributed by atoms with Crippen molar-refractivity contribution in [2.75, 3.05) is 145 Å². The first-order valence-corrected chi connectivity index (χ1v) is 16.8. The fourth-order valence-corrected chi connectivity index (χ4v) is 3.26. The van der Waals surface area contributed by atoms with Crippen LogP contribution in [0.15, 0.2) is 0 Å². The number of hydrogen-bond donors (Lipinski definition) is 0. The van der Waals surface area contributed by atoms with E-state index in [1.807, 2.05) is 0 Å². The number of carbonyl (C=O) groups excluding carboxylic acids is 2. The lowest BCUT2D eigenvalue weighted by molar-refractivity contribution is -0.348. The molecule has 346 valence electrons. The molecule has 0 N–H and O–H groups in total. The topological polar surface area (TPSA) is 145 Å². The Bertz CT molecular complexity index is 1000. The van der Waals surface area contributed by atoms with Gasteiger partial charge in [-0.15, -0.1) is 0 Å². The second-order valence-corrected chi connectivity index (χ2v) is 10.7. The van der Waals surface area contributed by atoms with E-state index in [0.717, 1.165) is 0 Å². The summed E-state index contributed by atoms with van der Waals surface area (Å²) in [5, 5.41) is 0. The van der Waals surface area contributed by atoms with Crippen LogP contribution in [0.5, 0.6) is 0 Å². The zero-order chi connectivity index (χ0) is 44.2. The lowest BCUT2D eigenvalue weighted by Gasteiger charge is -2.26. The average Bonchev–Trinajstić information content (AvgIpc) is 3.13. The van der Waals surface area contributed by atoms with Gasteiger partial charge in [0.1, 0.15) is 13.2 Å². The summed E-state index contributed by atoms with van der Waals surface area (Å²) in [6, 6.07) is 0. The molecular weight excluding hydrogens is 850 g/mol. The molecule has 0 aliphatic rings. The van der Waals surface area contributed by atoms with Crippen molar-refractivity contribution in [3.05, 3.63) is 0 Å². The van der Waals surface area contributed by atoms with Crippen LogP contribution >= 0.6 is 0 Å². The fourth-order valence-electron chi connectivity index (χ4n) is 3.26. The summed E-state index contributed by atoms with van der Waals surface area (Å²) in [5.41, 5.74) is 0. The van der Waals surface area contributed by atoms with Crippen molar-refractivity contribution >= 4 is 11.9 Å². The van der Waals surface area contributed by atoms with Gasteiger partial charge in [0.25, 0.3) is 0 Å². The predicted octanol–water partition coefficient (Wildman–Crippen LogP) is 3.90. The lowest BCUT2D eigenvalue weighted by Crippen LogP contribution is -2.56. The molecule has 14 nitrogen and oxygen atoms in total. The molecular formula is C30H44F14O14. The van der Waals surface area contributed by atoms with Gasteiger partial charge in [0.2, 0.25) is 0 Å². The van der Waals surface area contributed by atoms with Gasteiger partial charge in [-0.25, -0.2) is 9.59 Å². The van der Waals surface area contributed by atoms with Crippen LogP contribution in [-0.4, -0.2) is 193 Å². The molecule has 0 spiro atoms. The van der Waals surface area contributed by atoms with Crippen LogP contribution in [0, 0.1) is 0 Å². The molecule has 0 aromatic rings. The monoisotopic (exact) mass is 894 g/mol. The van der Waals surface area contributed by atoms with Crippen LogP contribution in [0.2, 0.25) is 0 Å². The van der Waals surface area contributed by atoms with Gasteiger partial charge in [0, 0.05) is 0 Å². The van der Waals surface area contributed by atoms with E-state index in [1.165, 1.54) is 0 Å². The first-order chi connectivity index (χ1) is 27.0. The van der Waals surface area contributed by atoms with Gasteiger partial charge in [-0.3, -0.25) is 0 Å². The van der Waals surface area contributed by atoms with Crippen molar-refractivity contribution in [2.45, 2.75) is 36.0 Å². The molecule has 0 fully saturated rings. The largest absolute Gasteiger partial charge is 0.460 e. The molecule has 0 aliphatic carbocycles. The highest BCUT2D eigenvalue weighted by molar-refractivity contribution is 5.79. The first-order valence-electron chi connectivity index (χ1n) is 16.8. The maximum Gasteiger partial charge on any atom is 0.460 e. The van der Waals surface area contributed by atoms with E-state index in [9.17, 15) is 71.1 Å². The summed E-state index contributed by atoms with van der Waals surface area (Å²) in [7, 11) is 0. The Morgan fingerprint density at radius 3 is 0.534 bits per heavy atom. The van der Waals surface area contributed by atoms with Crippen LogP contribution in [0.25, 0.3) is 0 Å². The summed E-state index contributed by atoms with van der Waals surface area (Å²) < 4.78 is 235. The third-order valence-electron chi connectivity index (χ3n) is 6.28. The molecule has 0 atom stereocenters. The van der Waals surface area contributed by atoms with Gasteiger partial charge < -0.3 is 56.8 Å². The fraction of sp³-hybridized carbons (Fsp3) is 0.933. The zero-order valence-corrected chi connectivity index (χ0v) is 30.6. The maximum atomic E-state index is 13.1. The Balaban J connectivity index is 3.40. The molecule has 0 aromatic heterocycles. The van der Waals surface area contributed by atoms with Gasteiger partial charge >= 0.3 is 48.0 Å². The van der Waals surface area contributed by atoms with E-state index in [0.29, 0.717) is 26.4 Å². The Morgan fingerprint density at radius 2 is 0.397 bits per heavy atom. The quantitative estimate of drug-likeness (QED) is 0.0505. The average molecular weight is 895 g/mol. The highest BCUT2D eigenvalue weighted by Gasteiger charge is 2.78. The van der Waals surface area contributed by atoms with Crippen LogP contribution in [0.1, 0.15) is 0 Å². The summed E-state index contributed by atoms with van der Waals surface area (Å²) in [6.45, 7) is -0.0351. The number of rotatable bonds is 37. The van der Waals surface area contributed by atoms with Gasteiger partial charge in [-0.2, -0.15) is 61.5 Å². The molecule has 0 unspecified atom stereocenters. The molecule has 0 bridgehead atoms. The Morgan fingerprint density at radius 1 is 0.259 bits per heavy atom. The molecule has 0 heterocycles. The second kappa shape index (κ2) is 28.9. The Hall–Kier alpha value is -2.44. The Kier molecular flexibility index (Phi) is 27.7. The molecule has 0 amide bonds. The number of halogens is 14. The van der Waals surface area contributed by atoms with Crippen LogP contribution in [0.3, 0.4) is 0 Å². The molecule has 28 heteroatoms. The van der Waals surface area contributed by atoms with Crippen molar-refractivity contribution in [2.24, 2.45) is 0 Å². The molecule has 0 rings (SSSR count). The number of alkyl halides is 14. The molecule has 0 aromatic carbocycles. The highest BCUT2D eigenvalue weighted by atomic mass is 19.4. The third kappa shape index (κ3) is 21.7. The van der Waals surface area contributed by atoms with Crippen molar-refractivity contribution in [3.8, 4) is 0 Å². The van der Waals surface area contributed by atoms with Crippen LogP contribution in [-0.2, 0) is 66.4 Å². The summed E-state index contributed by atoms with van der Waals surface area (Å²) >= 11 is 0. The van der Waals surface area contributed by atoms with Gasteiger partial charge in [-0.05, 0) is 0 Å². The summed E-state index contributed by atoms with van der Waals surface area (Å²) in [6.07, 6.45) is -13.3. The smallest absolute Gasteiger partial charge is 0.459 e. The van der Waals surface area contributed by atoms with Gasteiger partial charge in [0.15, 0.2) is 0 Å². The minimum Gasteiger partial charge on any atom is -0.459 e. The number of esters is 2. The Labute approximate surface area is 321 Å². The third-order valence-corrected chi connectivity index (χ3v) is 6.28. The van der Waals surface area contributed by atoms with E-state index < -0.39 is 74.4 Å². The first kappa shape index (κ1) is 55.6. The van der Waals surface area contributed by atoms with Crippen LogP contribution in [0.4, 0.5) is 61.5 Å². The second-order valence-electron chi connectivity index (χ2n) is 10.7. The normalized spacial score (nSPS) is 13.3. The van der Waals surface area contributed by atoms with Gasteiger partial charge in [0.05, 0.1) is 132 Å². The molecule has 0 aliphatic heterocycles. The predicted molar refractivity (Wildman–Crippen MR) is 162 cm³/mol. The van der Waals surface area contributed by atoms with Crippen molar-refractivity contribution in [3.63, 3.8) is 0 Å². The number of carbonyl (C=O) groups is 2. The molecule has 0 saturated carbocycles. The lowest BCUT2D eigenvalue weighted by atomic mass is 10.1. The molecule has 0 radical (unpaired) electrons. The number of ether oxygens (including phenoxy) is 12. The minimum absolute atomic E-state index is 0.0150. The van der Waals surface area contributed by atoms with E-state index in [4.69, 9.17) is 47.4 Å². The summed E-state index contributed by atoms with van der Waals surface area (Å²) in [4.78, 5) is 21.9. The summed E-state index contributed by atoms with van der Waals surface area (Å²) in [5.74, 6) is -31.5. The van der Waals surface area contributed by atoms with E-state index >= 15 is 0 Å². The highest BCUT2D eigenvalue weighted by Crippen LogP contribution is 2.48. The van der Waals surface area contributed by atoms with Crippen molar-refractivity contribution in [1.82, 2.24) is 0 Å². The SMILES string of the molecule is O=C(OCCOCCOCCOCCOCCOCCOCCOCCOCCOCCOCCOC(=O)C(F)(F)C(F)(F)C(F)(F)F)C(F)(F)C(F)(F)C(F)(F)F. The minimum atomic E-state index is -6.66. The molecule has 0 saturated heterocycles. The van der Waals surface area contributed by atoms with E-state index in [-0.39, 0.29) is 92.5 Å². The standard InChI is InChI=1S/C30H44F14O14/c31-25(32,27(35,36)29(39,40)41)23(45)57-21-19-55-17-15-53-13-11-51-9-7-49-5-3-47-1-2-48-4-6-50-8-10-52-12-14-54-16-18-56-20-22-58-24(46)26(33,34)28(37,38)30(42,43)44/h1-22H2. The maximum absolute atomic E-state index is 13.1. The number of hydrogen-bond acceptors (Lipinski definition) is 14. The van der Waals surface area contributed by atoms with E-state index in [2.05, 4.69) is 9.47 Å². The zero-order valence-electron chi connectivity index (χ0n) is 30.6. The van der Waals surface area contributed by atoms with E-state index in [1.54, 1.807) is 0 Å². The molecule has 58 heavy (non-hydrogen) atoms. The van der Waals surface area contributed by atoms with Crippen LogP contribution < -0.4 is 0 Å². The van der Waals surface area contributed by atoms with Crippen molar-refractivity contribution in [1.29, 1.82) is 0 Å². The van der Waals surface area contributed by atoms with Gasteiger partial charge in [-0.1, -0.05) is 0 Å².